The van der Waals surface area contributed by atoms with Crippen LogP contribution in [-0.4, -0.2) is 38.7 Å². The summed E-state index contributed by atoms with van der Waals surface area (Å²) in [6.07, 6.45) is 4.95. The molecule has 2 aromatic rings. The first kappa shape index (κ1) is 18.7. The van der Waals surface area contributed by atoms with Crippen LogP contribution in [0.1, 0.15) is 42.9 Å². The molecule has 7 heteroatoms. The standard InChI is InChI=1S/C19H27ClN6/c1-14-23-24-18(26(14)3)12-21-19(22-16-9-5-6-10-16)25(2)13-15-8-4-7-11-17(15)20/h4,7-8,11,16H,5-6,9-10,12-13H2,1-3H3,(H,21,22). The molecule has 0 unspecified atom stereocenters. The zero-order valence-electron chi connectivity index (χ0n) is 15.7. The molecule has 1 aliphatic rings. The molecule has 0 saturated heterocycles. The van der Waals surface area contributed by atoms with Crippen molar-refractivity contribution in [3.8, 4) is 0 Å². The molecule has 140 valence electrons. The van der Waals surface area contributed by atoms with Gasteiger partial charge in [0.25, 0.3) is 0 Å². The average Bonchev–Trinajstić information content (AvgIpc) is 3.25. The van der Waals surface area contributed by atoms with Crippen LogP contribution in [0.4, 0.5) is 0 Å². The van der Waals surface area contributed by atoms with Gasteiger partial charge in [0.1, 0.15) is 12.4 Å². The first-order chi connectivity index (χ1) is 12.5. The molecule has 1 aromatic carbocycles. The largest absolute Gasteiger partial charge is 0.353 e. The Bertz CT molecular complexity index is 763. The number of halogens is 1. The summed E-state index contributed by atoms with van der Waals surface area (Å²) in [5.74, 6) is 2.64. The molecule has 26 heavy (non-hydrogen) atoms. The van der Waals surface area contributed by atoms with Gasteiger partial charge in [-0.2, -0.15) is 0 Å². The van der Waals surface area contributed by atoms with Gasteiger partial charge in [-0.1, -0.05) is 42.6 Å². The van der Waals surface area contributed by atoms with Gasteiger partial charge in [-0.15, -0.1) is 10.2 Å². The second kappa shape index (κ2) is 8.54. The molecule has 6 nitrogen and oxygen atoms in total. The molecule has 3 rings (SSSR count). The Morgan fingerprint density at radius 1 is 1.31 bits per heavy atom. The predicted octanol–water partition coefficient (Wildman–Crippen LogP) is 3.30. The molecule has 1 aliphatic carbocycles. The predicted molar refractivity (Wildman–Crippen MR) is 105 cm³/mol. The van der Waals surface area contributed by atoms with Crippen LogP contribution in [0, 0.1) is 6.92 Å². The van der Waals surface area contributed by atoms with E-state index in [-0.39, 0.29) is 0 Å². The maximum absolute atomic E-state index is 6.33. The Morgan fingerprint density at radius 2 is 2.04 bits per heavy atom. The third-order valence-electron chi connectivity index (χ3n) is 4.97. The molecule has 0 radical (unpaired) electrons. The number of rotatable bonds is 5. The highest BCUT2D eigenvalue weighted by Gasteiger charge is 2.19. The van der Waals surface area contributed by atoms with Crippen LogP contribution in [0.15, 0.2) is 29.3 Å². The number of aryl methyl sites for hydroxylation is 1. The maximum Gasteiger partial charge on any atom is 0.194 e. The zero-order valence-corrected chi connectivity index (χ0v) is 16.5. The third kappa shape index (κ3) is 4.55. The van der Waals surface area contributed by atoms with E-state index in [1.54, 1.807) is 0 Å². The lowest BCUT2D eigenvalue weighted by Crippen LogP contribution is -2.43. The van der Waals surface area contributed by atoms with Crippen molar-refractivity contribution in [3.63, 3.8) is 0 Å². The molecule has 0 spiro atoms. The Morgan fingerprint density at radius 3 is 2.69 bits per heavy atom. The summed E-state index contributed by atoms with van der Waals surface area (Å²) in [6, 6.07) is 8.43. The van der Waals surface area contributed by atoms with E-state index >= 15 is 0 Å². The minimum absolute atomic E-state index is 0.490. The van der Waals surface area contributed by atoms with Crippen molar-refractivity contribution in [1.29, 1.82) is 0 Å². The fourth-order valence-electron chi connectivity index (χ4n) is 3.22. The van der Waals surface area contributed by atoms with Crippen LogP contribution in [-0.2, 0) is 20.1 Å². The minimum Gasteiger partial charge on any atom is -0.353 e. The van der Waals surface area contributed by atoms with E-state index < -0.39 is 0 Å². The molecule has 0 atom stereocenters. The second-order valence-electron chi connectivity index (χ2n) is 6.94. The number of hydrogen-bond donors (Lipinski definition) is 1. The van der Waals surface area contributed by atoms with E-state index in [4.69, 9.17) is 16.6 Å². The Hall–Kier alpha value is -2.08. The third-order valence-corrected chi connectivity index (χ3v) is 5.34. The highest BCUT2D eigenvalue weighted by molar-refractivity contribution is 6.31. The van der Waals surface area contributed by atoms with Gasteiger partial charge in [-0.05, 0) is 31.4 Å². The summed E-state index contributed by atoms with van der Waals surface area (Å²) < 4.78 is 1.98. The Kier molecular flexibility index (Phi) is 6.14. The van der Waals surface area contributed by atoms with Gasteiger partial charge in [0.2, 0.25) is 0 Å². The fourth-order valence-corrected chi connectivity index (χ4v) is 3.42. The molecule has 0 bridgehead atoms. The molecule has 1 heterocycles. The minimum atomic E-state index is 0.490. The summed E-state index contributed by atoms with van der Waals surface area (Å²) in [4.78, 5) is 6.95. The van der Waals surface area contributed by atoms with E-state index in [0.29, 0.717) is 19.1 Å². The van der Waals surface area contributed by atoms with Gasteiger partial charge in [0.15, 0.2) is 11.8 Å². The lowest BCUT2D eigenvalue weighted by molar-refractivity contribution is 0.456. The summed E-state index contributed by atoms with van der Waals surface area (Å²) in [7, 11) is 4.02. The SMILES string of the molecule is Cc1nnc(CN=C(NC2CCCC2)N(C)Cc2ccccc2Cl)n1C. The van der Waals surface area contributed by atoms with Crippen LogP contribution in [0.2, 0.25) is 5.02 Å². The number of aliphatic imine (C=N–C) groups is 1. The fraction of sp³-hybridized carbons (Fsp3) is 0.526. The van der Waals surface area contributed by atoms with Gasteiger partial charge in [-0.25, -0.2) is 4.99 Å². The van der Waals surface area contributed by atoms with Crippen LogP contribution < -0.4 is 5.32 Å². The first-order valence-electron chi connectivity index (χ1n) is 9.15. The van der Waals surface area contributed by atoms with E-state index in [1.807, 2.05) is 43.8 Å². The molecular weight excluding hydrogens is 348 g/mol. The van der Waals surface area contributed by atoms with Gasteiger partial charge >= 0.3 is 0 Å². The number of aromatic nitrogens is 3. The summed E-state index contributed by atoms with van der Waals surface area (Å²) in [5, 5.41) is 12.7. The van der Waals surface area contributed by atoms with Crippen molar-refractivity contribution in [2.75, 3.05) is 7.05 Å². The zero-order chi connectivity index (χ0) is 18.5. The molecule has 0 amide bonds. The molecule has 1 fully saturated rings. The molecular formula is C19H27ClN6. The second-order valence-corrected chi connectivity index (χ2v) is 7.34. The Labute approximate surface area is 160 Å². The summed E-state index contributed by atoms with van der Waals surface area (Å²) >= 11 is 6.33. The van der Waals surface area contributed by atoms with E-state index in [1.165, 1.54) is 25.7 Å². The molecule has 0 aliphatic heterocycles. The Balaban J connectivity index is 1.76. The monoisotopic (exact) mass is 374 g/mol. The lowest BCUT2D eigenvalue weighted by atomic mass is 10.2. The number of nitrogens with one attached hydrogen (secondary N) is 1. The normalized spacial score (nSPS) is 15.5. The lowest BCUT2D eigenvalue weighted by Gasteiger charge is -2.25. The highest BCUT2D eigenvalue weighted by Crippen LogP contribution is 2.19. The quantitative estimate of drug-likeness (QED) is 0.644. The topological polar surface area (TPSA) is 58.3 Å². The number of benzene rings is 1. The van der Waals surface area contributed by atoms with E-state index in [9.17, 15) is 0 Å². The van der Waals surface area contributed by atoms with Crippen molar-refractivity contribution in [2.24, 2.45) is 12.0 Å². The van der Waals surface area contributed by atoms with Crippen molar-refractivity contribution >= 4 is 17.6 Å². The number of guanidine groups is 1. The average molecular weight is 375 g/mol. The van der Waals surface area contributed by atoms with Crippen molar-refractivity contribution < 1.29 is 0 Å². The number of hydrogen-bond acceptors (Lipinski definition) is 3. The van der Waals surface area contributed by atoms with Gasteiger partial charge < -0.3 is 14.8 Å². The van der Waals surface area contributed by atoms with Gasteiger partial charge in [0.05, 0.1) is 0 Å². The van der Waals surface area contributed by atoms with Gasteiger partial charge in [0, 0.05) is 31.7 Å². The molecule has 1 saturated carbocycles. The first-order valence-corrected chi connectivity index (χ1v) is 9.53. The van der Waals surface area contributed by atoms with E-state index in [0.717, 1.165) is 28.2 Å². The van der Waals surface area contributed by atoms with Crippen molar-refractivity contribution in [3.05, 3.63) is 46.5 Å². The molecule has 1 N–H and O–H groups in total. The highest BCUT2D eigenvalue weighted by atomic mass is 35.5. The van der Waals surface area contributed by atoms with E-state index in [2.05, 4.69) is 26.5 Å². The summed E-state index contributed by atoms with van der Waals surface area (Å²) in [5.41, 5.74) is 1.09. The van der Waals surface area contributed by atoms with Crippen LogP contribution in [0.5, 0.6) is 0 Å². The maximum atomic E-state index is 6.33. The van der Waals surface area contributed by atoms with Crippen LogP contribution in [0.3, 0.4) is 0 Å². The van der Waals surface area contributed by atoms with Crippen LogP contribution >= 0.6 is 11.6 Å². The number of nitrogens with zero attached hydrogens (tertiary/aromatic N) is 5. The molecule has 1 aromatic heterocycles. The van der Waals surface area contributed by atoms with Crippen LogP contribution in [0.25, 0.3) is 0 Å². The van der Waals surface area contributed by atoms with Crippen molar-refractivity contribution in [1.82, 2.24) is 25.0 Å². The smallest absolute Gasteiger partial charge is 0.194 e. The van der Waals surface area contributed by atoms with Gasteiger partial charge in [-0.3, -0.25) is 0 Å². The summed E-state index contributed by atoms with van der Waals surface area (Å²) in [6.45, 7) is 3.15. The van der Waals surface area contributed by atoms with Crippen molar-refractivity contribution in [2.45, 2.75) is 51.7 Å².